The van der Waals surface area contributed by atoms with Crippen molar-refractivity contribution in [1.82, 2.24) is 0 Å². The van der Waals surface area contributed by atoms with Crippen LogP contribution in [-0.2, 0) is 12.8 Å². The van der Waals surface area contributed by atoms with Crippen LogP contribution in [0.25, 0.3) is 0 Å². The zero-order valence-electron chi connectivity index (χ0n) is 10.4. The van der Waals surface area contributed by atoms with Crippen molar-refractivity contribution in [3.8, 4) is 5.75 Å². The van der Waals surface area contributed by atoms with Crippen molar-refractivity contribution in [2.45, 2.75) is 12.8 Å². The third-order valence-corrected chi connectivity index (χ3v) is 3.36. The number of hydrogen-bond acceptors (Lipinski definition) is 2. The number of ether oxygens (including phenoxy) is 1. The standard InChI is InChI=1S/C16H14O3/c17-16(18)13-4-1-11(2-5-13)9-12-3-6-15-14(10-12)7-8-19-15/h1-6,10H,7-9H2,(H,17,18). The molecule has 1 N–H and O–H groups in total. The number of rotatable bonds is 3. The summed E-state index contributed by atoms with van der Waals surface area (Å²) >= 11 is 0. The number of hydrogen-bond donors (Lipinski definition) is 1. The SMILES string of the molecule is O=C(O)c1ccc(Cc2ccc3c(c2)CCO3)cc1. The molecule has 1 heterocycles. The highest BCUT2D eigenvalue weighted by atomic mass is 16.5. The second kappa shape index (κ2) is 4.76. The Hall–Kier alpha value is -2.29. The van der Waals surface area contributed by atoms with Crippen molar-refractivity contribution in [2.75, 3.05) is 6.61 Å². The first-order valence-corrected chi connectivity index (χ1v) is 6.29. The summed E-state index contributed by atoms with van der Waals surface area (Å²) in [5, 5.41) is 8.86. The van der Waals surface area contributed by atoms with Gasteiger partial charge in [0.25, 0.3) is 0 Å². The maximum absolute atomic E-state index is 10.8. The molecule has 0 saturated heterocycles. The monoisotopic (exact) mass is 254 g/mol. The Kier molecular flexibility index (Phi) is 2.95. The van der Waals surface area contributed by atoms with Crippen LogP contribution in [0.1, 0.15) is 27.0 Å². The summed E-state index contributed by atoms with van der Waals surface area (Å²) in [5.41, 5.74) is 3.93. The number of carboxylic acids is 1. The normalized spacial score (nSPS) is 12.8. The number of fused-ring (bicyclic) bond motifs is 1. The number of benzene rings is 2. The van der Waals surface area contributed by atoms with Crippen molar-refractivity contribution in [2.24, 2.45) is 0 Å². The minimum atomic E-state index is -0.888. The molecule has 0 atom stereocenters. The summed E-state index contributed by atoms with van der Waals surface area (Å²) < 4.78 is 5.48. The second-order valence-electron chi connectivity index (χ2n) is 4.72. The van der Waals surface area contributed by atoms with E-state index in [9.17, 15) is 4.79 Å². The summed E-state index contributed by atoms with van der Waals surface area (Å²) in [7, 11) is 0. The summed E-state index contributed by atoms with van der Waals surface area (Å²) in [5.74, 6) is 0.103. The van der Waals surface area contributed by atoms with E-state index in [0.29, 0.717) is 5.56 Å². The fourth-order valence-corrected chi connectivity index (χ4v) is 2.35. The second-order valence-corrected chi connectivity index (χ2v) is 4.72. The predicted octanol–water partition coefficient (Wildman–Crippen LogP) is 2.91. The van der Waals surface area contributed by atoms with Crippen LogP contribution in [-0.4, -0.2) is 17.7 Å². The van der Waals surface area contributed by atoms with Gasteiger partial charge in [0.05, 0.1) is 12.2 Å². The number of carboxylic acid groups (broad SMARTS) is 1. The van der Waals surface area contributed by atoms with Gasteiger partial charge in [-0.3, -0.25) is 0 Å². The van der Waals surface area contributed by atoms with Crippen LogP contribution in [0.3, 0.4) is 0 Å². The first-order valence-electron chi connectivity index (χ1n) is 6.29. The Labute approximate surface area is 111 Å². The molecule has 0 bridgehead atoms. The van der Waals surface area contributed by atoms with Gasteiger partial charge in [0.1, 0.15) is 5.75 Å². The van der Waals surface area contributed by atoms with E-state index in [1.807, 2.05) is 18.2 Å². The molecule has 0 radical (unpaired) electrons. The van der Waals surface area contributed by atoms with E-state index in [1.54, 1.807) is 12.1 Å². The molecule has 1 aliphatic heterocycles. The van der Waals surface area contributed by atoms with E-state index < -0.39 is 5.97 Å². The minimum Gasteiger partial charge on any atom is -0.493 e. The quantitative estimate of drug-likeness (QED) is 0.916. The number of aromatic carboxylic acids is 1. The van der Waals surface area contributed by atoms with Gasteiger partial charge in [-0.05, 0) is 41.3 Å². The lowest BCUT2D eigenvalue weighted by Gasteiger charge is -2.05. The topological polar surface area (TPSA) is 46.5 Å². The Morgan fingerprint density at radius 1 is 1.11 bits per heavy atom. The van der Waals surface area contributed by atoms with E-state index in [2.05, 4.69) is 12.1 Å². The highest BCUT2D eigenvalue weighted by Crippen LogP contribution is 2.26. The molecule has 2 aromatic rings. The lowest BCUT2D eigenvalue weighted by Crippen LogP contribution is -1.96. The van der Waals surface area contributed by atoms with E-state index in [0.717, 1.165) is 30.8 Å². The van der Waals surface area contributed by atoms with E-state index in [1.165, 1.54) is 11.1 Å². The molecule has 3 nitrogen and oxygen atoms in total. The van der Waals surface area contributed by atoms with Gasteiger partial charge in [-0.15, -0.1) is 0 Å². The van der Waals surface area contributed by atoms with Crippen LogP contribution in [0, 0.1) is 0 Å². The predicted molar refractivity (Wildman–Crippen MR) is 71.8 cm³/mol. The molecular formula is C16H14O3. The fraction of sp³-hybridized carbons (Fsp3) is 0.188. The van der Waals surface area contributed by atoms with Gasteiger partial charge >= 0.3 is 5.97 Å². The summed E-state index contributed by atoms with van der Waals surface area (Å²) in [4.78, 5) is 10.8. The van der Waals surface area contributed by atoms with Crippen LogP contribution in [0.5, 0.6) is 5.75 Å². The summed E-state index contributed by atoms with van der Waals surface area (Å²) in [6, 6.07) is 13.3. The smallest absolute Gasteiger partial charge is 0.335 e. The van der Waals surface area contributed by atoms with Crippen molar-refractivity contribution in [1.29, 1.82) is 0 Å². The van der Waals surface area contributed by atoms with E-state index in [4.69, 9.17) is 9.84 Å². The molecule has 3 rings (SSSR count). The van der Waals surface area contributed by atoms with Crippen molar-refractivity contribution < 1.29 is 14.6 Å². The zero-order valence-corrected chi connectivity index (χ0v) is 10.4. The molecule has 0 aromatic heterocycles. The summed E-state index contributed by atoms with van der Waals surface area (Å²) in [6.45, 7) is 0.770. The molecule has 0 unspecified atom stereocenters. The zero-order chi connectivity index (χ0) is 13.2. The van der Waals surface area contributed by atoms with Crippen molar-refractivity contribution in [3.63, 3.8) is 0 Å². The van der Waals surface area contributed by atoms with Crippen molar-refractivity contribution in [3.05, 3.63) is 64.7 Å². The highest BCUT2D eigenvalue weighted by molar-refractivity contribution is 5.87. The van der Waals surface area contributed by atoms with Gasteiger partial charge in [0.2, 0.25) is 0 Å². The molecule has 0 spiro atoms. The number of carbonyl (C=O) groups is 1. The molecule has 0 aliphatic carbocycles. The first-order chi connectivity index (χ1) is 9.22. The van der Waals surface area contributed by atoms with Gasteiger partial charge < -0.3 is 9.84 Å². The van der Waals surface area contributed by atoms with Gasteiger partial charge in [-0.25, -0.2) is 4.79 Å². The van der Waals surface area contributed by atoms with Gasteiger partial charge in [-0.2, -0.15) is 0 Å². The highest BCUT2D eigenvalue weighted by Gasteiger charge is 2.12. The van der Waals surface area contributed by atoms with Gasteiger partial charge in [0.15, 0.2) is 0 Å². The van der Waals surface area contributed by atoms with Crippen LogP contribution < -0.4 is 4.74 Å². The average molecular weight is 254 g/mol. The van der Waals surface area contributed by atoms with Crippen LogP contribution in [0.4, 0.5) is 0 Å². The average Bonchev–Trinajstić information content (AvgIpc) is 2.87. The third-order valence-electron chi connectivity index (χ3n) is 3.36. The Morgan fingerprint density at radius 2 is 1.84 bits per heavy atom. The maximum atomic E-state index is 10.8. The van der Waals surface area contributed by atoms with E-state index in [-0.39, 0.29) is 0 Å². The molecule has 96 valence electrons. The third kappa shape index (κ3) is 2.45. The van der Waals surface area contributed by atoms with E-state index >= 15 is 0 Å². The summed E-state index contributed by atoms with van der Waals surface area (Å²) in [6.07, 6.45) is 1.79. The molecular weight excluding hydrogens is 240 g/mol. The molecule has 0 saturated carbocycles. The lowest BCUT2D eigenvalue weighted by atomic mass is 10.0. The Bertz CT molecular complexity index is 614. The molecule has 2 aromatic carbocycles. The van der Waals surface area contributed by atoms with Gasteiger partial charge in [-0.1, -0.05) is 24.3 Å². The Morgan fingerprint density at radius 3 is 2.58 bits per heavy atom. The minimum absolute atomic E-state index is 0.325. The fourth-order valence-electron chi connectivity index (χ4n) is 2.35. The molecule has 3 heteroatoms. The Balaban J connectivity index is 1.79. The molecule has 19 heavy (non-hydrogen) atoms. The molecule has 0 fully saturated rings. The van der Waals surface area contributed by atoms with Crippen LogP contribution in [0.15, 0.2) is 42.5 Å². The maximum Gasteiger partial charge on any atom is 0.335 e. The van der Waals surface area contributed by atoms with Crippen molar-refractivity contribution >= 4 is 5.97 Å². The van der Waals surface area contributed by atoms with Gasteiger partial charge in [0, 0.05) is 6.42 Å². The van der Waals surface area contributed by atoms with Crippen LogP contribution in [0.2, 0.25) is 0 Å². The molecule has 1 aliphatic rings. The molecule has 0 amide bonds. The first kappa shape index (κ1) is 11.8. The lowest BCUT2D eigenvalue weighted by molar-refractivity contribution is 0.0697. The van der Waals surface area contributed by atoms with Crippen LogP contribution >= 0.6 is 0 Å². The largest absolute Gasteiger partial charge is 0.493 e.